The first-order chi connectivity index (χ1) is 15.5. The fourth-order valence-corrected chi connectivity index (χ4v) is 4.11. The maximum absolute atomic E-state index is 13.4. The van der Waals surface area contributed by atoms with Crippen LogP contribution < -0.4 is 0 Å². The molecular formula is C25H28N4O3. The van der Waals surface area contributed by atoms with Gasteiger partial charge in [0.05, 0.1) is 30.2 Å². The van der Waals surface area contributed by atoms with Gasteiger partial charge >= 0.3 is 5.97 Å². The topological polar surface area (TPSA) is 67.7 Å². The van der Waals surface area contributed by atoms with E-state index in [-0.39, 0.29) is 17.9 Å². The van der Waals surface area contributed by atoms with Crippen molar-refractivity contribution in [3.8, 4) is 5.69 Å². The Hall–Kier alpha value is -3.45. The summed E-state index contributed by atoms with van der Waals surface area (Å²) in [6, 6.07) is 17.5. The van der Waals surface area contributed by atoms with Crippen LogP contribution in [0.25, 0.3) is 5.69 Å². The number of piperazine rings is 1. The highest BCUT2D eigenvalue weighted by Crippen LogP contribution is 2.27. The van der Waals surface area contributed by atoms with Gasteiger partial charge in [-0.1, -0.05) is 30.3 Å². The van der Waals surface area contributed by atoms with E-state index in [0.717, 1.165) is 24.3 Å². The van der Waals surface area contributed by atoms with Crippen LogP contribution in [-0.2, 0) is 4.74 Å². The number of nitrogens with zero attached hydrogens (tertiary/aromatic N) is 4. The van der Waals surface area contributed by atoms with Crippen LogP contribution in [0.4, 0.5) is 0 Å². The van der Waals surface area contributed by atoms with E-state index >= 15 is 0 Å². The average molecular weight is 433 g/mol. The molecule has 0 bridgehead atoms. The summed E-state index contributed by atoms with van der Waals surface area (Å²) in [6.45, 7) is 6.24. The van der Waals surface area contributed by atoms with Gasteiger partial charge in [-0.2, -0.15) is 5.10 Å². The van der Waals surface area contributed by atoms with Crippen molar-refractivity contribution in [3.05, 3.63) is 83.2 Å². The molecule has 0 radical (unpaired) electrons. The minimum Gasteiger partial charge on any atom is -0.462 e. The SMILES string of the molecule is CCOC(=O)c1cnn(-c2ccc(C(=O)N3CCN(C)CC3c3ccccc3)cc2)c1C. The van der Waals surface area contributed by atoms with Crippen molar-refractivity contribution >= 4 is 11.9 Å². The summed E-state index contributed by atoms with van der Waals surface area (Å²) < 4.78 is 6.77. The van der Waals surface area contributed by atoms with Gasteiger partial charge in [0, 0.05) is 25.2 Å². The molecule has 3 aromatic rings. The van der Waals surface area contributed by atoms with Crippen molar-refractivity contribution in [2.45, 2.75) is 19.9 Å². The number of aromatic nitrogens is 2. The fourth-order valence-electron chi connectivity index (χ4n) is 4.11. The van der Waals surface area contributed by atoms with Crippen molar-refractivity contribution < 1.29 is 14.3 Å². The second-order valence-electron chi connectivity index (χ2n) is 8.01. The summed E-state index contributed by atoms with van der Waals surface area (Å²) >= 11 is 0. The van der Waals surface area contributed by atoms with Crippen LogP contribution in [0, 0.1) is 6.92 Å². The molecule has 0 saturated carbocycles. The number of carbonyl (C=O) groups is 2. The summed E-state index contributed by atoms with van der Waals surface area (Å²) in [6.07, 6.45) is 1.51. The van der Waals surface area contributed by atoms with Gasteiger partial charge in [-0.3, -0.25) is 4.79 Å². The van der Waals surface area contributed by atoms with Crippen LogP contribution >= 0.6 is 0 Å². The zero-order valence-electron chi connectivity index (χ0n) is 18.7. The molecular weight excluding hydrogens is 404 g/mol. The van der Waals surface area contributed by atoms with Crippen molar-refractivity contribution in [2.75, 3.05) is 33.3 Å². The number of hydrogen-bond acceptors (Lipinski definition) is 5. The largest absolute Gasteiger partial charge is 0.462 e. The van der Waals surface area contributed by atoms with Gasteiger partial charge in [-0.15, -0.1) is 0 Å². The second-order valence-corrected chi connectivity index (χ2v) is 8.01. The van der Waals surface area contributed by atoms with Gasteiger partial charge in [-0.05, 0) is 50.7 Å². The Bertz CT molecular complexity index is 1090. The molecule has 1 fully saturated rings. The molecule has 1 unspecified atom stereocenters. The number of likely N-dealkylation sites (N-methyl/N-ethyl adjacent to an activating group) is 1. The van der Waals surface area contributed by atoms with E-state index in [1.165, 1.54) is 6.20 Å². The molecule has 1 amide bonds. The van der Waals surface area contributed by atoms with E-state index < -0.39 is 0 Å². The van der Waals surface area contributed by atoms with Gasteiger partial charge < -0.3 is 14.5 Å². The third kappa shape index (κ3) is 4.29. The molecule has 0 aliphatic carbocycles. The minimum atomic E-state index is -0.384. The molecule has 1 aliphatic heterocycles. The summed E-state index contributed by atoms with van der Waals surface area (Å²) in [5.74, 6) is -0.368. The lowest BCUT2D eigenvalue weighted by Crippen LogP contribution is -2.49. The summed E-state index contributed by atoms with van der Waals surface area (Å²) in [5, 5.41) is 4.33. The number of amides is 1. The molecule has 1 aliphatic rings. The lowest BCUT2D eigenvalue weighted by atomic mass is 10.0. The Kier molecular flexibility index (Phi) is 6.37. The first-order valence-electron chi connectivity index (χ1n) is 10.9. The highest BCUT2D eigenvalue weighted by molar-refractivity contribution is 5.95. The fraction of sp³-hybridized carbons (Fsp3) is 0.320. The monoisotopic (exact) mass is 432 g/mol. The molecule has 166 valence electrons. The van der Waals surface area contributed by atoms with Crippen LogP contribution in [0.15, 0.2) is 60.8 Å². The highest BCUT2D eigenvalue weighted by atomic mass is 16.5. The number of carbonyl (C=O) groups excluding carboxylic acids is 2. The summed E-state index contributed by atoms with van der Waals surface area (Å²) in [7, 11) is 2.09. The predicted molar refractivity (Wildman–Crippen MR) is 122 cm³/mol. The molecule has 2 heterocycles. The quantitative estimate of drug-likeness (QED) is 0.578. The standard InChI is InChI=1S/C25H28N4O3/c1-4-32-25(31)22-16-26-29(18(22)2)21-12-10-20(11-13-21)24(30)28-15-14-27(3)17-23(28)19-8-6-5-7-9-19/h5-13,16,23H,4,14-15,17H2,1-3H3. The van der Waals surface area contributed by atoms with Crippen LogP contribution in [0.5, 0.6) is 0 Å². The Morgan fingerprint density at radius 2 is 1.78 bits per heavy atom. The molecule has 32 heavy (non-hydrogen) atoms. The Morgan fingerprint density at radius 1 is 1.06 bits per heavy atom. The third-order valence-electron chi connectivity index (χ3n) is 5.89. The normalized spacial score (nSPS) is 16.7. The lowest BCUT2D eigenvalue weighted by Gasteiger charge is -2.40. The van der Waals surface area contributed by atoms with E-state index in [9.17, 15) is 9.59 Å². The molecule has 7 nitrogen and oxygen atoms in total. The Balaban J connectivity index is 1.56. The summed E-state index contributed by atoms with van der Waals surface area (Å²) in [4.78, 5) is 29.7. The number of hydrogen-bond donors (Lipinski definition) is 0. The van der Waals surface area contributed by atoms with Crippen LogP contribution in [-0.4, -0.2) is 64.7 Å². The predicted octanol–water partition coefficient (Wildman–Crippen LogP) is 3.49. The molecule has 2 aromatic carbocycles. The average Bonchev–Trinajstić information content (AvgIpc) is 3.21. The van der Waals surface area contributed by atoms with Crippen molar-refractivity contribution in [1.82, 2.24) is 19.6 Å². The zero-order chi connectivity index (χ0) is 22.7. The first-order valence-corrected chi connectivity index (χ1v) is 10.9. The van der Waals surface area contributed by atoms with Crippen LogP contribution in [0.1, 0.15) is 44.9 Å². The molecule has 1 saturated heterocycles. The summed E-state index contributed by atoms with van der Waals surface area (Å²) in [5.41, 5.74) is 3.70. The van der Waals surface area contributed by atoms with Gasteiger partial charge in [0.25, 0.3) is 5.91 Å². The number of esters is 1. The molecule has 7 heteroatoms. The van der Waals surface area contributed by atoms with E-state index in [2.05, 4.69) is 29.2 Å². The number of benzene rings is 2. The van der Waals surface area contributed by atoms with Gasteiger partial charge in [0.15, 0.2) is 0 Å². The minimum absolute atomic E-state index is 0.0163. The molecule has 0 N–H and O–H groups in total. The molecule has 4 rings (SSSR count). The van der Waals surface area contributed by atoms with Crippen LogP contribution in [0.3, 0.4) is 0 Å². The smallest absolute Gasteiger partial charge is 0.341 e. The number of rotatable bonds is 5. The van der Waals surface area contributed by atoms with Gasteiger partial charge in [0.2, 0.25) is 0 Å². The maximum Gasteiger partial charge on any atom is 0.341 e. The van der Waals surface area contributed by atoms with Crippen molar-refractivity contribution in [2.24, 2.45) is 0 Å². The van der Waals surface area contributed by atoms with E-state index in [0.29, 0.717) is 30.0 Å². The third-order valence-corrected chi connectivity index (χ3v) is 5.89. The molecule has 0 spiro atoms. The van der Waals surface area contributed by atoms with Crippen molar-refractivity contribution in [3.63, 3.8) is 0 Å². The zero-order valence-corrected chi connectivity index (χ0v) is 18.7. The Morgan fingerprint density at radius 3 is 2.47 bits per heavy atom. The van der Waals surface area contributed by atoms with Gasteiger partial charge in [0.1, 0.15) is 5.56 Å². The molecule has 1 atom stereocenters. The number of ether oxygens (including phenoxy) is 1. The first kappa shape index (κ1) is 21.8. The Labute approximate surface area is 188 Å². The highest BCUT2D eigenvalue weighted by Gasteiger charge is 2.30. The van der Waals surface area contributed by atoms with E-state index in [4.69, 9.17) is 4.74 Å². The van der Waals surface area contributed by atoms with E-state index in [1.54, 1.807) is 11.6 Å². The molecule has 1 aromatic heterocycles. The van der Waals surface area contributed by atoms with Crippen LogP contribution in [0.2, 0.25) is 0 Å². The lowest BCUT2D eigenvalue weighted by molar-refractivity contribution is 0.0496. The maximum atomic E-state index is 13.4. The second kappa shape index (κ2) is 9.36. The van der Waals surface area contributed by atoms with Gasteiger partial charge in [-0.25, -0.2) is 9.48 Å². The van der Waals surface area contributed by atoms with Crippen molar-refractivity contribution in [1.29, 1.82) is 0 Å². The van der Waals surface area contributed by atoms with E-state index in [1.807, 2.05) is 54.3 Å².